The minimum absolute atomic E-state index is 0.0427. The van der Waals surface area contributed by atoms with Crippen molar-refractivity contribution in [1.82, 2.24) is 0 Å². The summed E-state index contributed by atoms with van der Waals surface area (Å²) in [5.74, 6) is -2.22. The summed E-state index contributed by atoms with van der Waals surface area (Å²) in [5, 5.41) is 0. The van der Waals surface area contributed by atoms with E-state index in [9.17, 15) is 9.59 Å². The lowest BCUT2D eigenvalue weighted by molar-refractivity contribution is -0.342. The van der Waals surface area contributed by atoms with Crippen molar-refractivity contribution in [1.29, 1.82) is 0 Å². The molecule has 2 rings (SSSR count). The Morgan fingerprint density at radius 2 is 1.48 bits per heavy atom. The number of hydrogen-bond acceptors (Lipinski definition) is 6. The first-order valence-electron chi connectivity index (χ1n) is 9.96. The van der Waals surface area contributed by atoms with Crippen molar-refractivity contribution in [2.75, 3.05) is 7.11 Å². The largest absolute Gasteiger partial charge is 0.357 e. The number of ketones is 1. The number of carbonyl (C=O) groups is 2. The first kappa shape index (κ1) is 26.8. The number of aryl methyl sites for hydroxylation is 2. The molecule has 31 heavy (non-hydrogen) atoms. The van der Waals surface area contributed by atoms with E-state index in [-0.39, 0.29) is 11.2 Å². The van der Waals surface area contributed by atoms with Gasteiger partial charge in [-0.1, -0.05) is 63.2 Å². The molecule has 0 amide bonds. The SMILES string of the molecule is COC(C)OOC(=O)C(C(=O)c1c(C)cc(C(C)(C)C)cc1C)c1ccccc1.O=[PH3]. The van der Waals surface area contributed by atoms with Crippen LogP contribution in [0.15, 0.2) is 42.5 Å². The van der Waals surface area contributed by atoms with E-state index >= 15 is 0 Å². The first-order valence-corrected chi connectivity index (χ1v) is 10.5. The van der Waals surface area contributed by atoms with Crippen LogP contribution in [0.25, 0.3) is 0 Å². The zero-order valence-electron chi connectivity index (χ0n) is 19.4. The van der Waals surface area contributed by atoms with Crippen LogP contribution in [0.1, 0.15) is 66.2 Å². The van der Waals surface area contributed by atoms with Gasteiger partial charge in [-0.3, -0.25) is 9.68 Å². The van der Waals surface area contributed by atoms with E-state index < -0.39 is 18.2 Å². The maximum absolute atomic E-state index is 13.5. The Balaban J connectivity index is 0.00000233. The number of benzene rings is 2. The lowest BCUT2D eigenvalue weighted by Crippen LogP contribution is -2.27. The van der Waals surface area contributed by atoms with Crippen LogP contribution in [0.3, 0.4) is 0 Å². The first-order chi connectivity index (χ1) is 14.6. The second-order valence-electron chi connectivity index (χ2n) is 8.24. The van der Waals surface area contributed by atoms with Crippen molar-refractivity contribution in [3.63, 3.8) is 0 Å². The molecule has 2 aromatic rings. The Labute approximate surface area is 186 Å². The zero-order chi connectivity index (χ0) is 23.8. The van der Waals surface area contributed by atoms with E-state index in [4.69, 9.17) is 19.1 Å². The van der Waals surface area contributed by atoms with E-state index in [0.29, 0.717) is 20.2 Å². The molecule has 0 fully saturated rings. The normalized spacial score (nSPS) is 13.0. The lowest BCUT2D eigenvalue weighted by Gasteiger charge is -2.23. The Bertz CT molecular complexity index is 866. The standard InChI is InChI=1S/C24H30O5.H3OP/c1-15-13-19(24(4,5)6)14-16(2)20(15)22(25)21(18-11-9-8-10-12-18)23(26)29-28-17(3)27-7;1-2/h8-14,17,21H,1-7H3;2H3. The van der Waals surface area contributed by atoms with Crippen LogP contribution in [-0.2, 0) is 29.3 Å². The zero-order valence-corrected chi connectivity index (χ0v) is 20.8. The van der Waals surface area contributed by atoms with Crippen molar-refractivity contribution < 1.29 is 28.7 Å². The summed E-state index contributed by atoms with van der Waals surface area (Å²) in [6.07, 6.45) is -0.736. The van der Waals surface area contributed by atoms with E-state index in [2.05, 4.69) is 20.8 Å². The minimum Gasteiger partial charge on any atom is -0.352 e. The van der Waals surface area contributed by atoms with Crippen molar-refractivity contribution in [3.05, 3.63) is 70.3 Å². The molecule has 0 aromatic heterocycles. The summed E-state index contributed by atoms with van der Waals surface area (Å²) in [4.78, 5) is 36.2. The molecule has 3 unspecified atom stereocenters. The van der Waals surface area contributed by atoms with Crippen molar-refractivity contribution in [3.8, 4) is 0 Å². The van der Waals surface area contributed by atoms with E-state index in [1.807, 2.05) is 32.0 Å². The maximum atomic E-state index is 13.5. The molecule has 0 radical (unpaired) electrons. The molecule has 0 bridgehead atoms. The van der Waals surface area contributed by atoms with Gasteiger partial charge in [0.2, 0.25) is 0 Å². The molecule has 170 valence electrons. The second kappa shape index (κ2) is 11.9. The predicted molar refractivity (Wildman–Crippen MR) is 124 cm³/mol. The van der Waals surface area contributed by atoms with Crippen LogP contribution in [-0.4, -0.2) is 25.2 Å². The Morgan fingerprint density at radius 1 is 0.968 bits per heavy atom. The third-order valence-corrected chi connectivity index (χ3v) is 4.87. The highest BCUT2D eigenvalue weighted by Gasteiger charge is 2.34. The number of ether oxygens (including phenoxy) is 1. The molecular weight excluding hydrogens is 415 g/mol. The molecule has 0 aliphatic carbocycles. The molecule has 0 saturated carbocycles. The van der Waals surface area contributed by atoms with Gasteiger partial charge in [0.05, 0.1) is 9.12 Å². The monoisotopic (exact) mass is 448 g/mol. The maximum Gasteiger partial charge on any atom is 0.357 e. The van der Waals surface area contributed by atoms with Crippen LogP contribution < -0.4 is 0 Å². The minimum atomic E-state index is -1.13. The van der Waals surface area contributed by atoms with Gasteiger partial charge in [-0.15, -0.1) is 0 Å². The average molecular weight is 448 g/mol. The highest BCUT2D eigenvalue weighted by molar-refractivity contribution is 7.00. The molecule has 7 heteroatoms. The highest BCUT2D eigenvalue weighted by atomic mass is 31.0. The molecule has 0 aliphatic heterocycles. The Kier molecular flexibility index (Phi) is 10.3. The van der Waals surface area contributed by atoms with Crippen LogP contribution in [0, 0.1) is 13.8 Å². The van der Waals surface area contributed by atoms with Crippen LogP contribution in [0.2, 0.25) is 0 Å². The average Bonchev–Trinajstić information content (AvgIpc) is 2.73. The number of carbonyl (C=O) groups excluding carboxylic acids is 2. The van der Waals surface area contributed by atoms with Gasteiger partial charge in [0.1, 0.15) is 5.92 Å². The number of hydrogen-bond donors (Lipinski definition) is 0. The summed E-state index contributed by atoms with van der Waals surface area (Å²) in [5.41, 5.74) is 3.84. The third kappa shape index (κ3) is 7.13. The topological polar surface area (TPSA) is 78.9 Å². The van der Waals surface area contributed by atoms with Gasteiger partial charge < -0.3 is 9.30 Å². The molecule has 0 heterocycles. The van der Waals surface area contributed by atoms with Gasteiger partial charge >= 0.3 is 5.97 Å². The smallest absolute Gasteiger partial charge is 0.352 e. The summed E-state index contributed by atoms with van der Waals surface area (Å²) in [6, 6.07) is 12.9. The van der Waals surface area contributed by atoms with Crippen LogP contribution in [0.4, 0.5) is 0 Å². The molecule has 3 atom stereocenters. The summed E-state index contributed by atoms with van der Waals surface area (Å²) < 4.78 is 13.2. The molecule has 0 aliphatic rings. The fraction of sp³-hybridized carbons (Fsp3) is 0.417. The van der Waals surface area contributed by atoms with Gasteiger partial charge in [-0.2, -0.15) is 4.89 Å². The van der Waals surface area contributed by atoms with Crippen LogP contribution >= 0.6 is 9.12 Å². The number of methoxy groups -OCH3 is 1. The van der Waals surface area contributed by atoms with Gasteiger partial charge in [0.15, 0.2) is 12.1 Å². The Morgan fingerprint density at radius 3 is 1.94 bits per heavy atom. The summed E-state index contributed by atoms with van der Waals surface area (Å²) in [7, 11) is 2.04. The van der Waals surface area contributed by atoms with Gasteiger partial charge in [0.25, 0.3) is 0 Å². The number of Topliss-reactive ketones (excluding diaryl/α,β-unsaturated/α-hetero) is 1. The highest BCUT2D eigenvalue weighted by Crippen LogP contribution is 2.31. The van der Waals surface area contributed by atoms with Gasteiger partial charge in [0, 0.05) is 12.7 Å². The predicted octanol–water partition coefficient (Wildman–Crippen LogP) is 4.97. The molecule has 0 saturated heterocycles. The summed E-state index contributed by atoms with van der Waals surface area (Å²) in [6.45, 7) is 11.8. The second-order valence-corrected chi connectivity index (χ2v) is 8.24. The van der Waals surface area contributed by atoms with E-state index in [0.717, 1.165) is 16.7 Å². The molecule has 0 N–H and O–H groups in total. The third-order valence-electron chi connectivity index (χ3n) is 4.87. The van der Waals surface area contributed by atoms with E-state index in [1.54, 1.807) is 31.2 Å². The molecule has 0 spiro atoms. The number of rotatable bonds is 7. The molecular formula is C24H33O6P. The quantitative estimate of drug-likeness (QED) is 0.149. The van der Waals surface area contributed by atoms with Gasteiger partial charge in [-0.05, 0) is 48.4 Å². The van der Waals surface area contributed by atoms with Crippen molar-refractivity contribution in [2.24, 2.45) is 0 Å². The summed E-state index contributed by atoms with van der Waals surface area (Å²) >= 11 is 0. The van der Waals surface area contributed by atoms with Gasteiger partial charge in [-0.25, -0.2) is 4.79 Å². The molecule has 2 aromatic carbocycles. The fourth-order valence-electron chi connectivity index (χ4n) is 3.17. The van der Waals surface area contributed by atoms with Crippen molar-refractivity contribution in [2.45, 2.75) is 59.2 Å². The van der Waals surface area contributed by atoms with E-state index in [1.165, 1.54) is 7.11 Å². The lowest BCUT2D eigenvalue weighted by atomic mass is 9.81. The van der Waals surface area contributed by atoms with Crippen molar-refractivity contribution >= 4 is 20.9 Å². The molecule has 6 nitrogen and oxygen atoms in total. The Hall–Kier alpha value is -2.27. The van der Waals surface area contributed by atoms with Crippen LogP contribution in [0.5, 0.6) is 0 Å². The fourth-order valence-corrected chi connectivity index (χ4v) is 3.17.